The molecule has 1 aliphatic rings. The predicted octanol–water partition coefficient (Wildman–Crippen LogP) is 3.73. The van der Waals surface area contributed by atoms with E-state index in [0.29, 0.717) is 12.5 Å². The lowest BCUT2D eigenvalue weighted by atomic mass is 9.93. The maximum Gasteiger partial charge on any atom is 0.223 e. The van der Waals surface area contributed by atoms with Crippen molar-refractivity contribution in [3.05, 3.63) is 48.0 Å². The maximum atomic E-state index is 13.0. The first-order chi connectivity index (χ1) is 12.2. The second-order valence-electron chi connectivity index (χ2n) is 7.00. The lowest BCUT2D eigenvalue weighted by molar-refractivity contribution is -0.135. The number of nitrogens with zero attached hydrogens (tertiary/aromatic N) is 4. The monoisotopic (exact) mass is 340 g/mol. The first kappa shape index (κ1) is 17.6. The molecule has 134 valence electrons. The Hall–Kier alpha value is -2.17. The van der Waals surface area contributed by atoms with Gasteiger partial charge in [-0.1, -0.05) is 43.5 Å². The summed E-state index contributed by atoms with van der Waals surface area (Å²) in [5, 5.41) is 4.11. The molecule has 0 atom stereocenters. The molecule has 1 heterocycles. The highest BCUT2D eigenvalue weighted by Gasteiger charge is 2.25. The third kappa shape index (κ3) is 4.91. The largest absolute Gasteiger partial charge is 0.335 e. The fourth-order valence-electron chi connectivity index (χ4n) is 3.67. The van der Waals surface area contributed by atoms with E-state index < -0.39 is 0 Å². The first-order valence-electron chi connectivity index (χ1n) is 9.40. The summed E-state index contributed by atoms with van der Waals surface area (Å²) < 4.78 is 1.79. The van der Waals surface area contributed by atoms with Gasteiger partial charge in [0.15, 0.2) is 0 Å². The molecule has 25 heavy (non-hydrogen) atoms. The average Bonchev–Trinajstić information content (AvgIpc) is 3.15. The van der Waals surface area contributed by atoms with E-state index in [9.17, 15) is 4.79 Å². The van der Waals surface area contributed by atoms with Crippen LogP contribution in [0.5, 0.6) is 0 Å². The maximum absolute atomic E-state index is 13.0. The van der Waals surface area contributed by atoms with Crippen molar-refractivity contribution >= 4 is 5.91 Å². The highest BCUT2D eigenvalue weighted by molar-refractivity contribution is 5.76. The predicted molar refractivity (Wildman–Crippen MR) is 97.9 cm³/mol. The second kappa shape index (κ2) is 8.79. The summed E-state index contributed by atoms with van der Waals surface area (Å²) in [6.07, 6.45) is 10.7. The lowest BCUT2D eigenvalue weighted by Gasteiger charge is -2.35. The van der Waals surface area contributed by atoms with Gasteiger partial charge in [0.05, 0.1) is 0 Å². The molecule has 1 aromatic carbocycles. The fourth-order valence-corrected chi connectivity index (χ4v) is 3.67. The molecule has 1 fully saturated rings. The van der Waals surface area contributed by atoms with Crippen molar-refractivity contribution in [2.75, 3.05) is 0 Å². The highest BCUT2D eigenvalue weighted by atomic mass is 16.2. The number of aromatic nitrogens is 3. The van der Waals surface area contributed by atoms with Gasteiger partial charge in [0, 0.05) is 25.6 Å². The Morgan fingerprint density at radius 1 is 1.24 bits per heavy atom. The van der Waals surface area contributed by atoms with Gasteiger partial charge in [-0.3, -0.25) is 9.48 Å². The number of amides is 1. The van der Waals surface area contributed by atoms with Gasteiger partial charge in [0.25, 0.3) is 0 Å². The minimum absolute atomic E-state index is 0.273. The summed E-state index contributed by atoms with van der Waals surface area (Å²) in [4.78, 5) is 19.1. The first-order valence-corrected chi connectivity index (χ1v) is 9.40. The molecule has 0 radical (unpaired) electrons. The van der Waals surface area contributed by atoms with Crippen LogP contribution in [0.25, 0.3) is 0 Å². The molecular formula is C20H28N4O. The molecule has 0 saturated heterocycles. The van der Waals surface area contributed by atoms with Gasteiger partial charge in [-0.2, -0.15) is 5.10 Å². The van der Waals surface area contributed by atoms with Crippen LogP contribution < -0.4 is 0 Å². The minimum Gasteiger partial charge on any atom is -0.335 e. The van der Waals surface area contributed by atoms with Crippen LogP contribution in [-0.2, 0) is 17.9 Å². The number of carbonyl (C=O) groups excluding carboxylic acids is 1. The Morgan fingerprint density at radius 2 is 2.04 bits per heavy atom. The Morgan fingerprint density at radius 3 is 2.76 bits per heavy atom. The average molecular weight is 340 g/mol. The van der Waals surface area contributed by atoms with Gasteiger partial charge in [-0.25, -0.2) is 4.98 Å². The molecule has 0 N–H and O–H groups in total. The van der Waals surface area contributed by atoms with Crippen molar-refractivity contribution in [2.24, 2.45) is 0 Å². The van der Waals surface area contributed by atoms with Gasteiger partial charge >= 0.3 is 0 Å². The molecule has 0 bridgehead atoms. The molecule has 5 nitrogen and oxygen atoms in total. The number of hydrogen-bond acceptors (Lipinski definition) is 3. The van der Waals surface area contributed by atoms with E-state index in [2.05, 4.69) is 46.2 Å². The van der Waals surface area contributed by atoms with Crippen LogP contribution in [0, 0.1) is 6.92 Å². The summed E-state index contributed by atoms with van der Waals surface area (Å²) in [6.45, 7) is 3.61. The fraction of sp³-hybridized carbons (Fsp3) is 0.550. The second-order valence-corrected chi connectivity index (χ2v) is 7.00. The number of carbonyl (C=O) groups is 1. The summed E-state index contributed by atoms with van der Waals surface area (Å²) in [6, 6.07) is 8.80. The molecule has 0 unspecified atom stereocenters. The third-order valence-electron chi connectivity index (χ3n) is 5.18. The summed E-state index contributed by atoms with van der Waals surface area (Å²) >= 11 is 0. The van der Waals surface area contributed by atoms with Crippen molar-refractivity contribution in [1.29, 1.82) is 0 Å². The highest BCUT2D eigenvalue weighted by Crippen LogP contribution is 2.25. The molecule has 0 spiro atoms. The lowest BCUT2D eigenvalue weighted by Crippen LogP contribution is -2.41. The van der Waals surface area contributed by atoms with Gasteiger partial charge in [0.2, 0.25) is 5.91 Å². The Bertz CT molecular complexity index is 662. The van der Waals surface area contributed by atoms with Crippen molar-refractivity contribution in [1.82, 2.24) is 19.7 Å². The van der Waals surface area contributed by atoms with Gasteiger partial charge in [-0.05, 0) is 37.3 Å². The minimum atomic E-state index is 0.273. The summed E-state index contributed by atoms with van der Waals surface area (Å²) in [5.41, 5.74) is 2.52. The van der Waals surface area contributed by atoms with Crippen molar-refractivity contribution in [3.8, 4) is 0 Å². The van der Waals surface area contributed by atoms with E-state index in [4.69, 9.17) is 0 Å². The van der Waals surface area contributed by atoms with E-state index in [1.165, 1.54) is 36.7 Å². The van der Waals surface area contributed by atoms with Crippen molar-refractivity contribution < 1.29 is 4.79 Å². The number of rotatable bonds is 7. The number of aryl methyl sites for hydroxylation is 2. The van der Waals surface area contributed by atoms with E-state index >= 15 is 0 Å². The topological polar surface area (TPSA) is 51.0 Å². The summed E-state index contributed by atoms with van der Waals surface area (Å²) in [7, 11) is 0. The van der Waals surface area contributed by atoms with Gasteiger partial charge in [0.1, 0.15) is 12.7 Å². The van der Waals surface area contributed by atoms with Crippen LogP contribution in [0.1, 0.15) is 56.1 Å². The molecule has 0 aliphatic heterocycles. The van der Waals surface area contributed by atoms with E-state index in [0.717, 1.165) is 32.4 Å². The number of hydrogen-bond donors (Lipinski definition) is 0. The van der Waals surface area contributed by atoms with E-state index in [1.807, 2.05) is 0 Å². The molecule has 1 amide bonds. The van der Waals surface area contributed by atoms with Crippen LogP contribution in [-0.4, -0.2) is 31.6 Å². The third-order valence-corrected chi connectivity index (χ3v) is 5.18. The Kier molecular flexibility index (Phi) is 6.20. The van der Waals surface area contributed by atoms with Crippen LogP contribution >= 0.6 is 0 Å². The van der Waals surface area contributed by atoms with E-state index in [1.54, 1.807) is 11.0 Å². The van der Waals surface area contributed by atoms with Crippen molar-refractivity contribution in [2.45, 2.75) is 71.0 Å². The van der Waals surface area contributed by atoms with Crippen LogP contribution in [0.4, 0.5) is 0 Å². The quantitative estimate of drug-likeness (QED) is 0.772. The van der Waals surface area contributed by atoms with E-state index in [-0.39, 0.29) is 5.91 Å². The Balaban J connectivity index is 1.64. The zero-order chi connectivity index (χ0) is 17.5. The summed E-state index contributed by atoms with van der Waals surface area (Å²) in [5.74, 6) is 0.273. The van der Waals surface area contributed by atoms with Crippen LogP contribution in [0.3, 0.4) is 0 Å². The number of benzene rings is 1. The Labute approximate surface area is 150 Å². The zero-order valence-electron chi connectivity index (χ0n) is 15.1. The molecule has 1 aromatic heterocycles. The van der Waals surface area contributed by atoms with Gasteiger partial charge < -0.3 is 4.90 Å². The SMILES string of the molecule is Cc1ccccc1CN(C(=O)CCCn1cncn1)C1CCCCC1. The zero-order valence-corrected chi connectivity index (χ0v) is 15.1. The van der Waals surface area contributed by atoms with Crippen LogP contribution in [0.15, 0.2) is 36.9 Å². The molecule has 2 aromatic rings. The standard InChI is InChI=1S/C20H28N4O/c1-17-8-5-6-9-18(17)14-24(19-10-3-2-4-11-19)20(25)12-7-13-23-16-21-15-22-23/h5-6,8-9,15-16,19H,2-4,7,10-14H2,1H3. The van der Waals surface area contributed by atoms with Crippen molar-refractivity contribution in [3.63, 3.8) is 0 Å². The molecule has 1 saturated carbocycles. The molecule has 1 aliphatic carbocycles. The molecular weight excluding hydrogens is 312 g/mol. The normalized spacial score (nSPS) is 15.2. The smallest absolute Gasteiger partial charge is 0.223 e. The molecule has 3 rings (SSSR count). The molecule has 5 heteroatoms. The van der Waals surface area contributed by atoms with Gasteiger partial charge in [-0.15, -0.1) is 0 Å². The van der Waals surface area contributed by atoms with Crippen LogP contribution in [0.2, 0.25) is 0 Å².